The number of benzene rings is 2. The van der Waals surface area contributed by atoms with Gasteiger partial charge < -0.3 is 0 Å². The molecule has 0 spiro atoms. The summed E-state index contributed by atoms with van der Waals surface area (Å²) in [7, 11) is 0. The van der Waals surface area contributed by atoms with Gasteiger partial charge in [-0.1, -0.05) is 48.0 Å². The maximum absolute atomic E-state index is 12.7. The molecule has 6 nitrogen and oxygen atoms in total. The second-order valence-electron chi connectivity index (χ2n) is 6.12. The number of hydrazone groups is 2. The quantitative estimate of drug-likeness (QED) is 0.691. The van der Waals surface area contributed by atoms with Gasteiger partial charge in [-0.3, -0.25) is 10.2 Å². The fraction of sp³-hybridized carbons (Fsp3) is 0.100. The van der Waals surface area contributed by atoms with Crippen molar-refractivity contribution < 1.29 is 4.79 Å². The summed E-state index contributed by atoms with van der Waals surface area (Å²) < 4.78 is 0. The van der Waals surface area contributed by atoms with Crippen LogP contribution in [0.15, 0.2) is 70.2 Å². The molecular weight excluding hydrogens is 358 g/mol. The molecule has 0 saturated carbocycles. The summed E-state index contributed by atoms with van der Waals surface area (Å²) in [5, 5.41) is 12.3. The number of hydrogen-bond donors (Lipinski definition) is 1. The van der Waals surface area contributed by atoms with E-state index < -0.39 is 0 Å². The molecule has 4 rings (SSSR count). The first kappa shape index (κ1) is 17.1. The Balaban J connectivity index is 1.54. The first-order chi connectivity index (χ1) is 13.1. The topological polar surface area (TPSA) is 70.0 Å². The van der Waals surface area contributed by atoms with Crippen LogP contribution in [0.3, 0.4) is 0 Å². The van der Waals surface area contributed by atoms with Gasteiger partial charge >= 0.3 is 5.91 Å². The van der Waals surface area contributed by atoms with Crippen LogP contribution in [0.4, 0.5) is 10.8 Å². The van der Waals surface area contributed by atoms with Crippen molar-refractivity contribution in [1.29, 1.82) is 0 Å². The summed E-state index contributed by atoms with van der Waals surface area (Å²) in [6, 6.07) is 17.6. The number of amides is 1. The highest BCUT2D eigenvalue weighted by atomic mass is 32.1. The number of anilines is 2. The second-order valence-corrected chi connectivity index (χ2v) is 6.96. The average molecular weight is 375 g/mol. The maximum atomic E-state index is 12.7. The van der Waals surface area contributed by atoms with Crippen molar-refractivity contribution in [3.63, 3.8) is 0 Å². The van der Waals surface area contributed by atoms with Gasteiger partial charge in [-0.05, 0) is 26.0 Å². The van der Waals surface area contributed by atoms with Crippen LogP contribution in [0.2, 0.25) is 0 Å². The smallest absolute Gasteiger partial charge is 0.278 e. The van der Waals surface area contributed by atoms with Gasteiger partial charge in [-0.15, -0.1) is 11.3 Å². The Hall–Kier alpha value is -3.32. The molecular formula is C20H17N5OS. The summed E-state index contributed by atoms with van der Waals surface area (Å²) in [4.78, 5) is 17.3. The summed E-state index contributed by atoms with van der Waals surface area (Å²) >= 11 is 1.38. The van der Waals surface area contributed by atoms with Crippen molar-refractivity contribution in [2.75, 3.05) is 10.4 Å². The first-order valence-corrected chi connectivity index (χ1v) is 9.31. The number of carbonyl (C=O) groups is 1. The Morgan fingerprint density at radius 1 is 1.04 bits per heavy atom. The van der Waals surface area contributed by atoms with Crippen LogP contribution in [-0.4, -0.2) is 22.3 Å². The first-order valence-electron chi connectivity index (χ1n) is 8.43. The van der Waals surface area contributed by atoms with E-state index in [2.05, 4.69) is 20.6 Å². The Morgan fingerprint density at radius 3 is 2.52 bits per heavy atom. The van der Waals surface area contributed by atoms with Crippen LogP contribution in [-0.2, 0) is 4.79 Å². The molecule has 0 aliphatic carbocycles. The van der Waals surface area contributed by atoms with Gasteiger partial charge in [0, 0.05) is 10.9 Å². The third-order valence-electron chi connectivity index (χ3n) is 4.08. The minimum Gasteiger partial charge on any atom is -0.278 e. The highest BCUT2D eigenvalue weighted by molar-refractivity contribution is 7.14. The number of nitrogens with zero attached hydrogens (tertiary/aromatic N) is 4. The SMILES string of the molecule is CC1=NN(c2nc(-c3ccccc3)cs2)C(=O)/C1=N\Nc1ccc(C)cc1. The standard InChI is InChI=1S/C20H17N5OS/c1-13-8-10-16(11-9-13)22-23-18-14(2)24-25(19(18)26)20-21-17(12-27-20)15-6-4-3-5-7-15/h3-12,22H,1-2H3/b23-18-. The molecule has 1 aromatic heterocycles. The largest absolute Gasteiger partial charge is 0.303 e. The molecule has 1 aliphatic heterocycles. The lowest BCUT2D eigenvalue weighted by Crippen LogP contribution is -2.27. The Labute approximate surface area is 160 Å². The van der Waals surface area contributed by atoms with Crippen LogP contribution in [0, 0.1) is 6.92 Å². The van der Waals surface area contributed by atoms with Crippen molar-refractivity contribution in [2.24, 2.45) is 10.2 Å². The van der Waals surface area contributed by atoms with Gasteiger partial charge in [0.25, 0.3) is 0 Å². The molecule has 1 amide bonds. The molecule has 0 bridgehead atoms. The van der Waals surface area contributed by atoms with Crippen molar-refractivity contribution in [3.8, 4) is 11.3 Å². The zero-order valence-corrected chi connectivity index (χ0v) is 15.7. The molecule has 0 atom stereocenters. The molecule has 0 saturated heterocycles. The predicted molar refractivity (Wildman–Crippen MR) is 110 cm³/mol. The van der Waals surface area contributed by atoms with E-state index in [1.165, 1.54) is 16.3 Å². The van der Waals surface area contributed by atoms with Gasteiger partial charge in [0.2, 0.25) is 5.13 Å². The zero-order valence-electron chi connectivity index (χ0n) is 14.9. The molecule has 27 heavy (non-hydrogen) atoms. The number of rotatable bonds is 4. The highest BCUT2D eigenvalue weighted by Gasteiger charge is 2.32. The molecule has 7 heteroatoms. The average Bonchev–Trinajstić information content (AvgIpc) is 3.27. The number of nitrogens with one attached hydrogen (secondary N) is 1. The normalized spacial score (nSPS) is 15.3. The number of carbonyl (C=O) groups excluding carboxylic acids is 1. The van der Waals surface area contributed by atoms with Crippen LogP contribution in [0.5, 0.6) is 0 Å². The van der Waals surface area contributed by atoms with Gasteiger partial charge in [0.15, 0.2) is 5.71 Å². The molecule has 1 aliphatic rings. The van der Waals surface area contributed by atoms with E-state index >= 15 is 0 Å². The van der Waals surface area contributed by atoms with Crippen molar-refractivity contribution >= 4 is 39.5 Å². The molecule has 3 aromatic rings. The molecule has 134 valence electrons. The van der Waals surface area contributed by atoms with Crippen LogP contribution in [0.1, 0.15) is 12.5 Å². The molecule has 0 fully saturated rings. The van der Waals surface area contributed by atoms with E-state index in [4.69, 9.17) is 0 Å². The highest BCUT2D eigenvalue weighted by Crippen LogP contribution is 2.29. The summed E-state index contributed by atoms with van der Waals surface area (Å²) in [6.45, 7) is 3.78. The molecule has 1 N–H and O–H groups in total. The lowest BCUT2D eigenvalue weighted by Gasteiger charge is -2.06. The predicted octanol–water partition coefficient (Wildman–Crippen LogP) is 4.31. The van der Waals surface area contributed by atoms with Crippen molar-refractivity contribution in [1.82, 2.24) is 4.98 Å². The van der Waals surface area contributed by atoms with Gasteiger partial charge in [0.05, 0.1) is 17.1 Å². The minimum absolute atomic E-state index is 0.284. The fourth-order valence-electron chi connectivity index (χ4n) is 2.61. The Kier molecular flexibility index (Phi) is 4.52. The van der Waals surface area contributed by atoms with Gasteiger partial charge in [-0.25, -0.2) is 4.98 Å². The minimum atomic E-state index is -0.291. The molecule has 2 heterocycles. The molecule has 0 unspecified atom stereocenters. The van der Waals surface area contributed by atoms with E-state index in [0.29, 0.717) is 10.8 Å². The number of aryl methyl sites for hydroxylation is 1. The van der Waals surface area contributed by atoms with Gasteiger partial charge in [0.1, 0.15) is 0 Å². The summed E-state index contributed by atoms with van der Waals surface area (Å²) in [5.74, 6) is -0.291. The second kappa shape index (κ2) is 7.13. The third-order valence-corrected chi connectivity index (χ3v) is 4.89. The summed E-state index contributed by atoms with van der Waals surface area (Å²) in [6.07, 6.45) is 0. The van der Waals surface area contributed by atoms with E-state index in [9.17, 15) is 4.79 Å². The third kappa shape index (κ3) is 3.50. The van der Waals surface area contributed by atoms with E-state index in [0.717, 1.165) is 22.5 Å². The fourth-order valence-corrected chi connectivity index (χ4v) is 3.39. The Bertz CT molecular complexity index is 1040. The maximum Gasteiger partial charge on any atom is 0.303 e. The van der Waals surface area contributed by atoms with Crippen LogP contribution in [0.25, 0.3) is 11.3 Å². The molecule has 2 aromatic carbocycles. The van der Waals surface area contributed by atoms with Crippen LogP contribution >= 0.6 is 11.3 Å². The van der Waals surface area contributed by atoms with Crippen molar-refractivity contribution in [3.05, 3.63) is 65.5 Å². The van der Waals surface area contributed by atoms with E-state index in [1.54, 1.807) is 6.92 Å². The molecule has 0 radical (unpaired) electrons. The Morgan fingerprint density at radius 2 is 1.78 bits per heavy atom. The van der Waals surface area contributed by atoms with E-state index in [-0.39, 0.29) is 11.6 Å². The van der Waals surface area contributed by atoms with Crippen molar-refractivity contribution in [2.45, 2.75) is 13.8 Å². The zero-order chi connectivity index (χ0) is 18.8. The number of thiazole rings is 1. The van der Waals surface area contributed by atoms with Gasteiger partial charge in [-0.2, -0.15) is 15.2 Å². The van der Waals surface area contributed by atoms with Crippen LogP contribution < -0.4 is 10.4 Å². The van der Waals surface area contributed by atoms with E-state index in [1.807, 2.05) is 66.9 Å². The lowest BCUT2D eigenvalue weighted by molar-refractivity contribution is -0.112. The number of hydrogen-bond acceptors (Lipinski definition) is 6. The lowest BCUT2D eigenvalue weighted by atomic mass is 10.2. The summed E-state index contributed by atoms with van der Waals surface area (Å²) in [5.41, 5.74) is 7.55. The number of aromatic nitrogens is 1. The monoisotopic (exact) mass is 375 g/mol.